The van der Waals surface area contributed by atoms with Crippen LogP contribution in [0, 0.1) is 0 Å². The number of fused-ring (bicyclic) bond motifs is 1. The van der Waals surface area contributed by atoms with Crippen LogP contribution < -0.4 is 0 Å². The van der Waals surface area contributed by atoms with Gasteiger partial charge in [-0.25, -0.2) is 0 Å². The van der Waals surface area contributed by atoms with Gasteiger partial charge in [0.15, 0.2) is 11.5 Å². The summed E-state index contributed by atoms with van der Waals surface area (Å²) in [6, 6.07) is 7.94. The molecule has 5 rings (SSSR count). The SMILES string of the molecule is Cn1nccc1-c1ccc2nnc(C3CCN(Cc4ccoc4)CC3)n2n1. The number of nitrogens with zero attached hydrogens (tertiary/aromatic N) is 7. The topological polar surface area (TPSA) is 77.3 Å². The van der Waals surface area contributed by atoms with E-state index in [9.17, 15) is 0 Å². The van der Waals surface area contributed by atoms with Gasteiger partial charge >= 0.3 is 0 Å². The number of hydrogen-bond donors (Lipinski definition) is 0. The van der Waals surface area contributed by atoms with Gasteiger partial charge in [-0.05, 0) is 50.2 Å². The van der Waals surface area contributed by atoms with E-state index < -0.39 is 0 Å². The first-order valence-electron chi connectivity index (χ1n) is 9.22. The van der Waals surface area contributed by atoms with Crippen LogP contribution in [0.15, 0.2) is 47.4 Å². The molecule has 1 aliphatic rings. The summed E-state index contributed by atoms with van der Waals surface area (Å²) in [5.41, 5.74) is 3.87. The van der Waals surface area contributed by atoms with Crippen molar-refractivity contribution in [1.29, 1.82) is 0 Å². The van der Waals surface area contributed by atoms with Gasteiger partial charge < -0.3 is 4.42 Å². The van der Waals surface area contributed by atoms with Crippen LogP contribution in [0.1, 0.15) is 30.1 Å². The highest BCUT2D eigenvalue weighted by atomic mass is 16.3. The maximum absolute atomic E-state index is 5.17. The summed E-state index contributed by atoms with van der Waals surface area (Å²) in [5, 5.41) is 17.8. The zero-order chi connectivity index (χ0) is 18.2. The average Bonchev–Trinajstić information content (AvgIpc) is 3.43. The normalized spacial score (nSPS) is 16.3. The van der Waals surface area contributed by atoms with Crippen LogP contribution in [0.5, 0.6) is 0 Å². The van der Waals surface area contributed by atoms with Gasteiger partial charge in [0.1, 0.15) is 5.69 Å². The smallest absolute Gasteiger partial charge is 0.177 e. The molecule has 0 aromatic carbocycles. The monoisotopic (exact) mass is 363 g/mol. The van der Waals surface area contributed by atoms with E-state index in [1.165, 1.54) is 5.56 Å². The maximum atomic E-state index is 5.17. The Morgan fingerprint density at radius 1 is 1.11 bits per heavy atom. The molecule has 138 valence electrons. The van der Waals surface area contributed by atoms with Gasteiger partial charge in [0.25, 0.3) is 0 Å². The van der Waals surface area contributed by atoms with Crippen LogP contribution in [-0.2, 0) is 13.6 Å². The Morgan fingerprint density at radius 3 is 2.74 bits per heavy atom. The first-order chi connectivity index (χ1) is 13.3. The predicted octanol–water partition coefficient (Wildman–Crippen LogP) is 2.50. The van der Waals surface area contributed by atoms with Crippen molar-refractivity contribution in [3.63, 3.8) is 0 Å². The van der Waals surface area contributed by atoms with Gasteiger partial charge in [0, 0.05) is 31.3 Å². The lowest BCUT2D eigenvalue weighted by Crippen LogP contribution is -2.33. The van der Waals surface area contributed by atoms with Crippen LogP contribution in [0.3, 0.4) is 0 Å². The largest absolute Gasteiger partial charge is 0.472 e. The number of hydrogen-bond acceptors (Lipinski definition) is 6. The van der Waals surface area contributed by atoms with Crippen LogP contribution >= 0.6 is 0 Å². The van der Waals surface area contributed by atoms with Gasteiger partial charge in [0.2, 0.25) is 0 Å². The lowest BCUT2D eigenvalue weighted by molar-refractivity contribution is 0.200. The van der Waals surface area contributed by atoms with Gasteiger partial charge in [-0.3, -0.25) is 9.58 Å². The van der Waals surface area contributed by atoms with Crippen molar-refractivity contribution in [2.45, 2.75) is 25.3 Å². The molecule has 8 heteroatoms. The minimum atomic E-state index is 0.370. The lowest BCUT2D eigenvalue weighted by Gasteiger charge is -2.30. The molecule has 0 aliphatic carbocycles. The Kier molecular flexibility index (Phi) is 3.97. The van der Waals surface area contributed by atoms with Crippen LogP contribution in [0.2, 0.25) is 0 Å². The quantitative estimate of drug-likeness (QED) is 0.554. The van der Waals surface area contributed by atoms with E-state index in [1.54, 1.807) is 12.5 Å². The second-order valence-electron chi connectivity index (χ2n) is 7.07. The van der Waals surface area contributed by atoms with Crippen molar-refractivity contribution in [2.24, 2.45) is 7.05 Å². The molecular weight excluding hydrogens is 342 g/mol. The van der Waals surface area contributed by atoms with Crippen LogP contribution in [-0.4, -0.2) is 47.6 Å². The molecule has 0 radical (unpaired) electrons. The summed E-state index contributed by atoms with van der Waals surface area (Å²) < 4.78 is 8.90. The number of rotatable bonds is 4. The number of likely N-dealkylation sites (tertiary alicyclic amines) is 1. The van der Waals surface area contributed by atoms with Crippen molar-refractivity contribution in [3.8, 4) is 11.4 Å². The number of aromatic nitrogens is 6. The fourth-order valence-corrected chi connectivity index (χ4v) is 3.81. The zero-order valence-corrected chi connectivity index (χ0v) is 15.2. The minimum absolute atomic E-state index is 0.370. The number of aryl methyl sites for hydroxylation is 1. The number of furan rings is 1. The second-order valence-corrected chi connectivity index (χ2v) is 7.07. The molecule has 5 heterocycles. The zero-order valence-electron chi connectivity index (χ0n) is 15.2. The fraction of sp³-hybridized carbons (Fsp3) is 0.368. The van der Waals surface area contributed by atoms with E-state index >= 15 is 0 Å². The molecule has 0 N–H and O–H groups in total. The van der Waals surface area contributed by atoms with Gasteiger partial charge in [-0.15, -0.1) is 10.2 Å². The standard InChI is InChI=1S/C19H21N7O/c1-24-17(4-8-20-24)16-2-3-18-21-22-19(26(18)23-16)15-5-9-25(10-6-15)12-14-7-11-27-13-14/h2-4,7-8,11,13,15H,5-6,9-10,12H2,1H3. The van der Waals surface area contributed by atoms with E-state index in [-0.39, 0.29) is 0 Å². The molecule has 4 aromatic heterocycles. The van der Waals surface area contributed by atoms with E-state index in [4.69, 9.17) is 9.52 Å². The summed E-state index contributed by atoms with van der Waals surface area (Å²) >= 11 is 0. The van der Waals surface area contributed by atoms with Gasteiger partial charge in [0.05, 0.1) is 18.2 Å². The molecule has 1 saturated heterocycles. The third-order valence-corrected chi connectivity index (χ3v) is 5.31. The Morgan fingerprint density at radius 2 is 2.00 bits per heavy atom. The molecule has 0 spiro atoms. The maximum Gasteiger partial charge on any atom is 0.177 e. The highest BCUT2D eigenvalue weighted by molar-refractivity contribution is 5.55. The predicted molar refractivity (Wildman–Crippen MR) is 98.9 cm³/mol. The molecule has 0 amide bonds. The first kappa shape index (κ1) is 16.2. The first-order valence-corrected chi connectivity index (χ1v) is 9.22. The van der Waals surface area contributed by atoms with E-state index in [0.29, 0.717) is 5.92 Å². The molecule has 8 nitrogen and oxygen atoms in total. The molecule has 27 heavy (non-hydrogen) atoms. The highest BCUT2D eigenvalue weighted by Gasteiger charge is 2.25. The Bertz CT molecular complexity index is 1040. The Hall–Kier alpha value is -3.00. The van der Waals surface area contributed by atoms with Crippen molar-refractivity contribution >= 4 is 5.65 Å². The third kappa shape index (κ3) is 3.02. The van der Waals surface area contributed by atoms with Crippen molar-refractivity contribution in [3.05, 3.63) is 54.4 Å². The fourth-order valence-electron chi connectivity index (χ4n) is 3.81. The molecule has 0 saturated carbocycles. The summed E-state index contributed by atoms with van der Waals surface area (Å²) in [7, 11) is 1.92. The molecule has 0 unspecified atom stereocenters. The van der Waals surface area contributed by atoms with Crippen LogP contribution in [0.4, 0.5) is 0 Å². The minimum Gasteiger partial charge on any atom is -0.472 e. The van der Waals surface area contributed by atoms with Crippen molar-refractivity contribution in [2.75, 3.05) is 13.1 Å². The number of piperidine rings is 1. The summed E-state index contributed by atoms with van der Waals surface area (Å²) in [5.74, 6) is 1.33. The molecule has 0 bridgehead atoms. The average molecular weight is 363 g/mol. The van der Waals surface area contributed by atoms with E-state index in [0.717, 1.165) is 55.3 Å². The molecular formula is C19H21N7O. The molecule has 1 aliphatic heterocycles. The van der Waals surface area contributed by atoms with Crippen molar-refractivity contribution < 1.29 is 4.42 Å². The van der Waals surface area contributed by atoms with Gasteiger partial charge in [-0.1, -0.05) is 0 Å². The van der Waals surface area contributed by atoms with E-state index in [1.807, 2.05) is 46.8 Å². The summed E-state index contributed by atoms with van der Waals surface area (Å²) in [4.78, 5) is 2.46. The molecule has 4 aromatic rings. The lowest BCUT2D eigenvalue weighted by atomic mass is 9.96. The van der Waals surface area contributed by atoms with Crippen molar-refractivity contribution in [1.82, 2.24) is 34.5 Å². The summed E-state index contributed by atoms with van der Waals surface area (Å²) in [6.45, 7) is 3.01. The van der Waals surface area contributed by atoms with E-state index in [2.05, 4.69) is 20.2 Å². The Labute approximate surface area is 156 Å². The summed E-state index contributed by atoms with van der Waals surface area (Å²) in [6.07, 6.45) is 7.44. The second kappa shape index (κ2) is 6.62. The van der Waals surface area contributed by atoms with Gasteiger partial charge in [-0.2, -0.15) is 14.7 Å². The highest BCUT2D eigenvalue weighted by Crippen LogP contribution is 2.28. The Balaban J connectivity index is 1.37. The molecule has 0 atom stereocenters. The van der Waals surface area contributed by atoms with Crippen LogP contribution in [0.25, 0.3) is 17.0 Å². The third-order valence-electron chi connectivity index (χ3n) is 5.31. The molecule has 1 fully saturated rings.